The van der Waals surface area contributed by atoms with E-state index in [1.165, 1.54) is 0 Å². The predicted molar refractivity (Wildman–Crippen MR) is 53.4 cm³/mol. The van der Waals surface area contributed by atoms with Gasteiger partial charge < -0.3 is 11.1 Å². The Morgan fingerprint density at radius 1 is 1.43 bits per heavy atom. The van der Waals surface area contributed by atoms with E-state index in [9.17, 15) is 9.59 Å². The Labute approximate surface area is 84.2 Å². The van der Waals surface area contributed by atoms with E-state index < -0.39 is 0 Å². The highest BCUT2D eigenvalue weighted by Gasteiger charge is 2.32. The molecule has 1 aliphatic carbocycles. The molecule has 80 valence electrons. The fraction of sp³-hybridized carbons (Fsp3) is 0.800. The maximum absolute atomic E-state index is 11.3. The maximum Gasteiger partial charge on any atom is 0.222 e. The van der Waals surface area contributed by atoms with Gasteiger partial charge >= 0.3 is 0 Å². The van der Waals surface area contributed by atoms with Gasteiger partial charge in [-0.1, -0.05) is 13.3 Å². The second kappa shape index (κ2) is 4.98. The molecule has 4 nitrogen and oxygen atoms in total. The number of amides is 2. The normalized spacial score (nSPS) is 26.1. The van der Waals surface area contributed by atoms with Gasteiger partial charge in [0, 0.05) is 12.5 Å². The van der Waals surface area contributed by atoms with Gasteiger partial charge in [0.15, 0.2) is 0 Å². The molecule has 0 aromatic rings. The van der Waals surface area contributed by atoms with Crippen molar-refractivity contribution in [3.8, 4) is 0 Å². The van der Waals surface area contributed by atoms with Crippen molar-refractivity contribution in [3.05, 3.63) is 0 Å². The van der Waals surface area contributed by atoms with Crippen molar-refractivity contribution >= 4 is 11.8 Å². The summed E-state index contributed by atoms with van der Waals surface area (Å²) in [4.78, 5) is 22.3. The topological polar surface area (TPSA) is 72.2 Å². The summed E-state index contributed by atoms with van der Waals surface area (Å²) in [5, 5.41) is 2.87. The van der Waals surface area contributed by atoms with Crippen LogP contribution in [0.3, 0.4) is 0 Å². The SMILES string of the molecule is CCCC(=O)N[C@@H]1CCC[C@@H]1C(N)=O. The maximum atomic E-state index is 11.3. The van der Waals surface area contributed by atoms with Crippen LogP contribution in [0.1, 0.15) is 39.0 Å². The van der Waals surface area contributed by atoms with Crippen LogP contribution in [0.5, 0.6) is 0 Å². The van der Waals surface area contributed by atoms with Crippen molar-refractivity contribution in [2.45, 2.75) is 45.1 Å². The summed E-state index contributed by atoms with van der Waals surface area (Å²) in [7, 11) is 0. The lowest BCUT2D eigenvalue weighted by Gasteiger charge is -2.17. The highest BCUT2D eigenvalue weighted by molar-refractivity contribution is 5.80. The van der Waals surface area contributed by atoms with Crippen molar-refractivity contribution in [1.82, 2.24) is 5.32 Å². The summed E-state index contributed by atoms with van der Waals surface area (Å²) in [5.74, 6) is -0.411. The summed E-state index contributed by atoms with van der Waals surface area (Å²) >= 11 is 0. The Balaban J connectivity index is 2.43. The Morgan fingerprint density at radius 3 is 2.71 bits per heavy atom. The summed E-state index contributed by atoms with van der Waals surface area (Å²) in [5.41, 5.74) is 5.25. The fourth-order valence-electron chi connectivity index (χ4n) is 1.98. The standard InChI is InChI=1S/C10H18N2O2/c1-2-4-9(13)12-8-6-3-5-7(8)10(11)14/h7-8H,2-6H2,1H3,(H2,11,14)(H,12,13)/t7-,8+/m0/s1. The van der Waals surface area contributed by atoms with Crippen molar-refractivity contribution in [1.29, 1.82) is 0 Å². The number of hydrogen-bond acceptors (Lipinski definition) is 2. The van der Waals surface area contributed by atoms with E-state index in [0.717, 1.165) is 25.7 Å². The van der Waals surface area contributed by atoms with E-state index in [-0.39, 0.29) is 23.8 Å². The Morgan fingerprint density at radius 2 is 2.14 bits per heavy atom. The molecule has 4 heteroatoms. The van der Waals surface area contributed by atoms with Gasteiger partial charge in [-0.3, -0.25) is 9.59 Å². The molecule has 1 saturated carbocycles. The second-order valence-electron chi connectivity index (χ2n) is 3.86. The summed E-state index contributed by atoms with van der Waals surface area (Å²) < 4.78 is 0. The average molecular weight is 198 g/mol. The van der Waals surface area contributed by atoms with Crippen LogP contribution in [0.4, 0.5) is 0 Å². The van der Waals surface area contributed by atoms with Gasteiger partial charge in [0.05, 0.1) is 5.92 Å². The van der Waals surface area contributed by atoms with Crippen LogP contribution < -0.4 is 11.1 Å². The van der Waals surface area contributed by atoms with Gasteiger partial charge in [0.2, 0.25) is 11.8 Å². The molecule has 0 saturated heterocycles. The molecule has 0 aliphatic heterocycles. The van der Waals surface area contributed by atoms with Gasteiger partial charge in [-0.2, -0.15) is 0 Å². The molecular weight excluding hydrogens is 180 g/mol. The van der Waals surface area contributed by atoms with Gasteiger partial charge in [-0.15, -0.1) is 0 Å². The third-order valence-corrected chi connectivity index (χ3v) is 2.70. The molecule has 2 amide bonds. The minimum atomic E-state index is -0.288. The van der Waals surface area contributed by atoms with Crippen molar-refractivity contribution in [2.75, 3.05) is 0 Å². The van der Waals surface area contributed by atoms with Crippen LogP contribution in [0.15, 0.2) is 0 Å². The molecule has 1 fully saturated rings. The Kier molecular flexibility index (Phi) is 3.92. The van der Waals surface area contributed by atoms with Gasteiger partial charge in [0.25, 0.3) is 0 Å². The smallest absolute Gasteiger partial charge is 0.222 e. The number of nitrogens with one attached hydrogen (secondary N) is 1. The highest BCUT2D eigenvalue weighted by atomic mass is 16.2. The number of primary amides is 1. The lowest BCUT2D eigenvalue weighted by Crippen LogP contribution is -2.42. The van der Waals surface area contributed by atoms with Crippen LogP contribution in [0.25, 0.3) is 0 Å². The van der Waals surface area contributed by atoms with Gasteiger partial charge in [0.1, 0.15) is 0 Å². The molecule has 2 atom stereocenters. The third kappa shape index (κ3) is 2.72. The zero-order chi connectivity index (χ0) is 10.6. The first-order valence-electron chi connectivity index (χ1n) is 5.23. The van der Waals surface area contributed by atoms with E-state index in [2.05, 4.69) is 5.32 Å². The lowest BCUT2D eigenvalue weighted by atomic mass is 10.0. The van der Waals surface area contributed by atoms with Crippen LogP contribution in [-0.2, 0) is 9.59 Å². The van der Waals surface area contributed by atoms with Crippen LogP contribution in [-0.4, -0.2) is 17.9 Å². The zero-order valence-electron chi connectivity index (χ0n) is 8.58. The predicted octanol–water partition coefficient (Wildman–Crippen LogP) is 0.557. The summed E-state index contributed by atoms with van der Waals surface area (Å²) in [6.45, 7) is 1.96. The lowest BCUT2D eigenvalue weighted by molar-refractivity contribution is -0.124. The molecule has 14 heavy (non-hydrogen) atoms. The largest absolute Gasteiger partial charge is 0.369 e. The molecule has 0 aromatic carbocycles. The van der Waals surface area contributed by atoms with Crippen molar-refractivity contribution in [3.63, 3.8) is 0 Å². The number of hydrogen-bond donors (Lipinski definition) is 2. The molecule has 0 heterocycles. The quantitative estimate of drug-likeness (QED) is 0.692. The molecule has 1 aliphatic rings. The summed E-state index contributed by atoms with van der Waals surface area (Å²) in [6.07, 6.45) is 4.03. The second-order valence-corrected chi connectivity index (χ2v) is 3.86. The van der Waals surface area contributed by atoms with Crippen LogP contribution in [0, 0.1) is 5.92 Å². The van der Waals surface area contributed by atoms with Crippen molar-refractivity contribution in [2.24, 2.45) is 11.7 Å². The number of carbonyl (C=O) groups excluding carboxylic acids is 2. The van der Waals surface area contributed by atoms with E-state index in [0.29, 0.717) is 6.42 Å². The third-order valence-electron chi connectivity index (χ3n) is 2.70. The first-order valence-corrected chi connectivity index (χ1v) is 5.23. The summed E-state index contributed by atoms with van der Waals surface area (Å²) in [6, 6.07) is -0.0217. The van der Waals surface area contributed by atoms with Gasteiger partial charge in [-0.25, -0.2) is 0 Å². The molecule has 0 spiro atoms. The van der Waals surface area contributed by atoms with E-state index in [1.807, 2.05) is 6.92 Å². The molecule has 0 aromatic heterocycles. The molecular formula is C10H18N2O2. The molecule has 0 radical (unpaired) electrons. The van der Waals surface area contributed by atoms with E-state index in [4.69, 9.17) is 5.73 Å². The minimum absolute atomic E-state index is 0.0217. The molecule has 0 bridgehead atoms. The number of nitrogens with two attached hydrogens (primary N) is 1. The molecule has 0 unspecified atom stereocenters. The van der Waals surface area contributed by atoms with Crippen molar-refractivity contribution < 1.29 is 9.59 Å². The number of rotatable bonds is 4. The Bertz CT molecular complexity index is 228. The van der Waals surface area contributed by atoms with E-state index >= 15 is 0 Å². The molecule has 1 rings (SSSR count). The van der Waals surface area contributed by atoms with Gasteiger partial charge in [-0.05, 0) is 19.3 Å². The van der Waals surface area contributed by atoms with Crippen LogP contribution >= 0.6 is 0 Å². The van der Waals surface area contributed by atoms with Crippen LogP contribution in [0.2, 0.25) is 0 Å². The Hall–Kier alpha value is -1.06. The monoisotopic (exact) mass is 198 g/mol. The first kappa shape index (κ1) is 11.0. The average Bonchev–Trinajstić information content (AvgIpc) is 2.52. The minimum Gasteiger partial charge on any atom is -0.369 e. The van der Waals surface area contributed by atoms with E-state index in [1.54, 1.807) is 0 Å². The zero-order valence-corrected chi connectivity index (χ0v) is 8.58. The highest BCUT2D eigenvalue weighted by Crippen LogP contribution is 2.25. The number of carbonyl (C=O) groups is 2. The first-order chi connectivity index (χ1) is 6.65. The molecule has 3 N–H and O–H groups in total. The fourth-order valence-corrected chi connectivity index (χ4v) is 1.98.